The Hall–Kier alpha value is -0.720. The molecular formula is C10H14O. The van der Waals surface area contributed by atoms with Gasteiger partial charge in [0.05, 0.1) is 5.76 Å². The second-order valence-electron chi connectivity index (χ2n) is 3.61. The van der Waals surface area contributed by atoms with Crippen molar-refractivity contribution in [2.75, 3.05) is 0 Å². The Kier molecular flexibility index (Phi) is 1.52. The van der Waals surface area contributed by atoms with Crippen molar-refractivity contribution >= 4 is 0 Å². The van der Waals surface area contributed by atoms with Gasteiger partial charge in [-0.1, -0.05) is 6.08 Å². The summed E-state index contributed by atoms with van der Waals surface area (Å²) in [4.78, 5) is 0. The largest absolute Gasteiger partial charge is 0.512 e. The fourth-order valence-electron chi connectivity index (χ4n) is 2.44. The summed E-state index contributed by atoms with van der Waals surface area (Å²) in [5.41, 5.74) is 1.27. The molecule has 1 N–H and O–H groups in total. The van der Waals surface area contributed by atoms with Crippen LogP contribution in [0, 0.1) is 11.8 Å². The van der Waals surface area contributed by atoms with E-state index in [4.69, 9.17) is 0 Å². The number of fused-ring (bicyclic) bond motifs is 2. The van der Waals surface area contributed by atoms with E-state index in [1.54, 1.807) is 0 Å². The molecule has 1 fully saturated rings. The second-order valence-corrected chi connectivity index (χ2v) is 3.61. The van der Waals surface area contributed by atoms with Crippen LogP contribution in [-0.4, -0.2) is 5.11 Å². The van der Waals surface area contributed by atoms with E-state index < -0.39 is 0 Å². The van der Waals surface area contributed by atoms with Gasteiger partial charge in [-0.2, -0.15) is 0 Å². The van der Waals surface area contributed by atoms with Crippen molar-refractivity contribution in [1.29, 1.82) is 0 Å². The zero-order valence-electron chi connectivity index (χ0n) is 6.71. The molecule has 0 spiro atoms. The van der Waals surface area contributed by atoms with E-state index in [0.717, 1.165) is 6.42 Å². The van der Waals surface area contributed by atoms with Gasteiger partial charge >= 0.3 is 0 Å². The molecule has 1 nitrogen and oxygen atoms in total. The summed E-state index contributed by atoms with van der Waals surface area (Å²) in [5, 5.41) is 9.64. The lowest BCUT2D eigenvalue weighted by atomic mass is 9.95. The van der Waals surface area contributed by atoms with E-state index in [1.165, 1.54) is 24.8 Å². The molecule has 0 aromatic heterocycles. The first kappa shape index (κ1) is 6.96. The van der Waals surface area contributed by atoms with Gasteiger partial charge in [0, 0.05) is 5.92 Å². The summed E-state index contributed by atoms with van der Waals surface area (Å²) < 4.78 is 0. The Labute approximate surface area is 67.4 Å². The number of hydrogen-bond donors (Lipinski definition) is 1. The summed E-state index contributed by atoms with van der Waals surface area (Å²) in [6.07, 6.45) is 6.49. The molecule has 1 saturated carbocycles. The van der Waals surface area contributed by atoms with Crippen LogP contribution in [0.3, 0.4) is 0 Å². The third-order valence-electron chi connectivity index (χ3n) is 3.01. The lowest BCUT2D eigenvalue weighted by molar-refractivity contribution is 0.332. The molecule has 0 aliphatic heterocycles. The number of aliphatic hydroxyl groups is 1. The van der Waals surface area contributed by atoms with Crippen LogP contribution >= 0.6 is 0 Å². The maximum absolute atomic E-state index is 9.64. The first-order valence-electron chi connectivity index (χ1n) is 4.35. The number of rotatable bonds is 2. The van der Waals surface area contributed by atoms with Crippen molar-refractivity contribution in [2.45, 2.75) is 25.7 Å². The molecule has 2 atom stereocenters. The van der Waals surface area contributed by atoms with Gasteiger partial charge in [0.15, 0.2) is 0 Å². The Morgan fingerprint density at radius 1 is 1.45 bits per heavy atom. The lowest BCUT2D eigenvalue weighted by Gasteiger charge is -2.13. The van der Waals surface area contributed by atoms with Crippen molar-refractivity contribution in [3.05, 3.63) is 24.0 Å². The van der Waals surface area contributed by atoms with Crippen LogP contribution in [0.5, 0.6) is 0 Å². The topological polar surface area (TPSA) is 20.2 Å². The van der Waals surface area contributed by atoms with E-state index in [1.807, 2.05) is 6.08 Å². The Bertz CT molecular complexity index is 215. The molecule has 0 aromatic rings. The zero-order chi connectivity index (χ0) is 7.84. The van der Waals surface area contributed by atoms with Crippen LogP contribution in [0.25, 0.3) is 0 Å². The molecule has 2 bridgehead atoms. The Morgan fingerprint density at radius 2 is 2.18 bits per heavy atom. The van der Waals surface area contributed by atoms with Crippen molar-refractivity contribution in [1.82, 2.24) is 0 Å². The molecule has 0 saturated heterocycles. The molecule has 0 aromatic carbocycles. The average molecular weight is 150 g/mol. The van der Waals surface area contributed by atoms with E-state index in [-0.39, 0.29) is 0 Å². The van der Waals surface area contributed by atoms with Gasteiger partial charge in [0.2, 0.25) is 0 Å². The summed E-state index contributed by atoms with van der Waals surface area (Å²) in [7, 11) is 0. The van der Waals surface area contributed by atoms with Gasteiger partial charge in [-0.25, -0.2) is 0 Å². The van der Waals surface area contributed by atoms with Crippen LogP contribution in [0.15, 0.2) is 24.0 Å². The van der Waals surface area contributed by atoms with E-state index in [0.29, 0.717) is 17.6 Å². The van der Waals surface area contributed by atoms with Gasteiger partial charge in [-0.15, -0.1) is 6.58 Å². The minimum atomic E-state index is 0.509. The minimum absolute atomic E-state index is 0.509. The predicted molar refractivity (Wildman–Crippen MR) is 45.3 cm³/mol. The SMILES string of the molecule is C=CCC1=C(O)C2CCC1C2. The molecule has 11 heavy (non-hydrogen) atoms. The minimum Gasteiger partial charge on any atom is -0.512 e. The maximum Gasteiger partial charge on any atom is 0.0951 e. The number of allylic oxidation sites excluding steroid dienone is 3. The smallest absolute Gasteiger partial charge is 0.0951 e. The maximum atomic E-state index is 9.64. The van der Waals surface area contributed by atoms with Crippen molar-refractivity contribution < 1.29 is 5.11 Å². The van der Waals surface area contributed by atoms with Gasteiger partial charge in [0.1, 0.15) is 0 Å². The fraction of sp³-hybridized carbons (Fsp3) is 0.600. The highest BCUT2D eigenvalue weighted by Crippen LogP contribution is 2.48. The molecule has 0 amide bonds. The first-order valence-corrected chi connectivity index (χ1v) is 4.35. The lowest BCUT2D eigenvalue weighted by Crippen LogP contribution is -2.01. The van der Waals surface area contributed by atoms with Crippen LogP contribution in [0.2, 0.25) is 0 Å². The Morgan fingerprint density at radius 3 is 2.73 bits per heavy atom. The molecule has 0 radical (unpaired) electrons. The van der Waals surface area contributed by atoms with Gasteiger partial charge in [-0.3, -0.25) is 0 Å². The van der Waals surface area contributed by atoms with Crippen molar-refractivity contribution in [3.8, 4) is 0 Å². The van der Waals surface area contributed by atoms with Crippen molar-refractivity contribution in [3.63, 3.8) is 0 Å². The molecular weight excluding hydrogens is 136 g/mol. The second kappa shape index (κ2) is 2.40. The molecule has 2 rings (SSSR count). The molecule has 60 valence electrons. The van der Waals surface area contributed by atoms with Crippen LogP contribution in [0.4, 0.5) is 0 Å². The summed E-state index contributed by atoms with van der Waals surface area (Å²) in [6.45, 7) is 3.70. The van der Waals surface area contributed by atoms with Crippen LogP contribution < -0.4 is 0 Å². The predicted octanol–water partition coefficient (Wildman–Crippen LogP) is 2.80. The highest BCUT2D eigenvalue weighted by atomic mass is 16.3. The standard InChI is InChI=1S/C10H14O/c1-2-3-9-7-4-5-8(6-7)10(9)11/h2,7-8,11H,1,3-6H2. The molecule has 2 aliphatic rings. The number of hydrogen-bond acceptors (Lipinski definition) is 1. The quantitative estimate of drug-likeness (QED) is 0.600. The third kappa shape index (κ3) is 0.907. The van der Waals surface area contributed by atoms with Crippen LogP contribution in [0.1, 0.15) is 25.7 Å². The monoisotopic (exact) mass is 150 g/mol. The van der Waals surface area contributed by atoms with E-state index >= 15 is 0 Å². The summed E-state index contributed by atoms with van der Waals surface area (Å²) in [5.74, 6) is 1.90. The average Bonchev–Trinajstić information content (AvgIpc) is 2.54. The normalized spacial score (nSPS) is 34.9. The first-order chi connectivity index (χ1) is 5.33. The highest BCUT2D eigenvalue weighted by molar-refractivity contribution is 5.25. The third-order valence-corrected chi connectivity index (χ3v) is 3.01. The van der Waals surface area contributed by atoms with Crippen molar-refractivity contribution in [2.24, 2.45) is 11.8 Å². The van der Waals surface area contributed by atoms with Gasteiger partial charge in [0.25, 0.3) is 0 Å². The molecule has 0 heterocycles. The van der Waals surface area contributed by atoms with E-state index in [2.05, 4.69) is 6.58 Å². The van der Waals surface area contributed by atoms with E-state index in [9.17, 15) is 5.11 Å². The summed E-state index contributed by atoms with van der Waals surface area (Å²) in [6, 6.07) is 0. The zero-order valence-corrected chi connectivity index (χ0v) is 6.71. The Balaban J connectivity index is 2.23. The fourth-order valence-corrected chi connectivity index (χ4v) is 2.44. The molecule has 2 unspecified atom stereocenters. The molecule has 1 heteroatoms. The molecule has 2 aliphatic carbocycles. The van der Waals surface area contributed by atoms with Gasteiger partial charge < -0.3 is 5.11 Å². The van der Waals surface area contributed by atoms with Gasteiger partial charge in [-0.05, 0) is 37.2 Å². The number of aliphatic hydroxyl groups excluding tert-OH is 1. The van der Waals surface area contributed by atoms with Crippen LogP contribution in [-0.2, 0) is 0 Å². The summed E-state index contributed by atoms with van der Waals surface area (Å²) >= 11 is 0. The highest BCUT2D eigenvalue weighted by Gasteiger charge is 2.38.